The second-order valence-electron chi connectivity index (χ2n) is 5.42. The average molecular weight is 274 g/mol. The van der Waals surface area contributed by atoms with Gasteiger partial charge >= 0.3 is 0 Å². The predicted molar refractivity (Wildman–Crippen MR) is 77.4 cm³/mol. The van der Waals surface area contributed by atoms with Gasteiger partial charge in [-0.2, -0.15) is 5.26 Å². The molecule has 108 valence electrons. The van der Waals surface area contributed by atoms with Crippen LogP contribution in [-0.2, 0) is 4.74 Å². The predicted octanol–water partition coefficient (Wildman–Crippen LogP) is 2.38. The molecule has 0 aromatic carbocycles. The fraction of sp³-hybridized carbons (Fsp3) is 0.667. The topological polar surface area (TPSA) is 62.0 Å². The summed E-state index contributed by atoms with van der Waals surface area (Å²) in [5.74, 6) is 0.815. The summed E-state index contributed by atoms with van der Waals surface area (Å²) in [4.78, 5) is 2.18. The summed E-state index contributed by atoms with van der Waals surface area (Å²) in [6.07, 6.45) is 3.49. The monoisotopic (exact) mass is 274 g/mol. The largest absolute Gasteiger partial charge is 0.381 e. The van der Waals surface area contributed by atoms with Crippen molar-refractivity contribution in [2.45, 2.75) is 45.3 Å². The zero-order valence-corrected chi connectivity index (χ0v) is 12.6. The number of nitrogens with zero attached hydrogens (tertiary/aromatic N) is 4. The third kappa shape index (κ3) is 2.14. The maximum absolute atomic E-state index is 8.78. The maximum Gasteiger partial charge on any atom is 0.163 e. The van der Waals surface area contributed by atoms with Crippen molar-refractivity contribution in [2.24, 2.45) is 5.41 Å². The van der Waals surface area contributed by atoms with Gasteiger partial charge in [0.05, 0.1) is 6.10 Å². The van der Waals surface area contributed by atoms with Crippen LogP contribution < -0.4 is 4.90 Å². The molecule has 5 heteroatoms. The van der Waals surface area contributed by atoms with Crippen LogP contribution in [0.3, 0.4) is 0 Å². The van der Waals surface area contributed by atoms with Crippen LogP contribution in [0.2, 0.25) is 0 Å². The molecule has 0 spiro atoms. The quantitative estimate of drug-likeness (QED) is 0.825. The number of hydrogen-bond acceptors (Lipinski definition) is 5. The van der Waals surface area contributed by atoms with E-state index in [4.69, 9.17) is 10.00 Å². The second kappa shape index (κ2) is 5.76. The Morgan fingerprint density at radius 3 is 2.55 bits per heavy atom. The summed E-state index contributed by atoms with van der Waals surface area (Å²) in [6.45, 7) is 4.44. The van der Waals surface area contributed by atoms with Gasteiger partial charge in [-0.3, -0.25) is 0 Å². The highest BCUT2D eigenvalue weighted by Crippen LogP contribution is 2.51. The van der Waals surface area contributed by atoms with Crippen LogP contribution in [-0.4, -0.2) is 36.5 Å². The van der Waals surface area contributed by atoms with E-state index in [-0.39, 0.29) is 5.41 Å². The SMILES string of the molecule is CCC1(CC)C(OC)CC1N(C)c1ccc(C#N)nn1. The first-order valence-corrected chi connectivity index (χ1v) is 7.12. The van der Waals surface area contributed by atoms with Crippen molar-refractivity contribution in [3.63, 3.8) is 0 Å². The van der Waals surface area contributed by atoms with Crippen LogP contribution in [0.25, 0.3) is 0 Å². The molecule has 1 aromatic heterocycles. The van der Waals surface area contributed by atoms with E-state index in [9.17, 15) is 0 Å². The minimum atomic E-state index is 0.180. The Kier molecular flexibility index (Phi) is 4.24. The Morgan fingerprint density at radius 2 is 2.10 bits per heavy atom. The van der Waals surface area contributed by atoms with Gasteiger partial charge in [0.1, 0.15) is 6.07 Å². The fourth-order valence-electron chi connectivity index (χ4n) is 3.51. The zero-order chi connectivity index (χ0) is 14.8. The van der Waals surface area contributed by atoms with E-state index in [2.05, 4.69) is 28.9 Å². The molecular formula is C15H22N4O. The van der Waals surface area contributed by atoms with Crippen LogP contribution >= 0.6 is 0 Å². The van der Waals surface area contributed by atoms with E-state index in [0.29, 0.717) is 17.8 Å². The highest BCUT2D eigenvalue weighted by Gasteiger charge is 2.54. The molecule has 0 saturated heterocycles. The number of nitriles is 1. The minimum Gasteiger partial charge on any atom is -0.381 e. The van der Waals surface area contributed by atoms with Gasteiger partial charge in [-0.25, -0.2) is 0 Å². The summed E-state index contributed by atoms with van der Waals surface area (Å²) in [6, 6.07) is 5.98. The molecule has 1 aromatic rings. The summed E-state index contributed by atoms with van der Waals surface area (Å²) >= 11 is 0. The van der Waals surface area contributed by atoms with Crippen molar-refractivity contribution in [3.8, 4) is 6.07 Å². The third-order valence-corrected chi connectivity index (χ3v) is 4.94. The van der Waals surface area contributed by atoms with E-state index >= 15 is 0 Å². The Labute approximate surface area is 120 Å². The summed E-state index contributed by atoms with van der Waals surface area (Å²) in [5.41, 5.74) is 0.529. The van der Waals surface area contributed by atoms with Crippen LogP contribution in [0.5, 0.6) is 0 Å². The third-order valence-electron chi connectivity index (χ3n) is 4.94. The number of anilines is 1. The fourth-order valence-corrected chi connectivity index (χ4v) is 3.51. The molecule has 1 fully saturated rings. The Hall–Kier alpha value is -1.67. The number of aromatic nitrogens is 2. The Balaban J connectivity index is 2.20. The molecule has 0 N–H and O–H groups in total. The number of rotatable bonds is 5. The van der Waals surface area contributed by atoms with Gasteiger partial charge in [0.2, 0.25) is 0 Å². The number of hydrogen-bond donors (Lipinski definition) is 0. The first-order chi connectivity index (χ1) is 9.62. The molecular weight excluding hydrogens is 252 g/mol. The van der Waals surface area contributed by atoms with Crippen LogP contribution in [0.15, 0.2) is 12.1 Å². The van der Waals surface area contributed by atoms with Crippen LogP contribution in [0.1, 0.15) is 38.8 Å². The van der Waals surface area contributed by atoms with Gasteiger partial charge in [0, 0.05) is 25.6 Å². The van der Waals surface area contributed by atoms with Gasteiger partial charge in [-0.15, -0.1) is 10.2 Å². The lowest BCUT2D eigenvalue weighted by Crippen LogP contribution is -2.63. The smallest absolute Gasteiger partial charge is 0.163 e. The second-order valence-corrected chi connectivity index (χ2v) is 5.42. The molecule has 2 rings (SSSR count). The first-order valence-electron chi connectivity index (χ1n) is 7.12. The summed E-state index contributed by atoms with van der Waals surface area (Å²) in [5, 5.41) is 16.8. The highest BCUT2D eigenvalue weighted by molar-refractivity contribution is 5.41. The van der Waals surface area contributed by atoms with Gasteiger partial charge in [-0.1, -0.05) is 13.8 Å². The zero-order valence-electron chi connectivity index (χ0n) is 12.6. The molecule has 2 unspecified atom stereocenters. The van der Waals surface area contributed by atoms with E-state index < -0.39 is 0 Å². The Bertz CT molecular complexity index is 490. The molecule has 1 aliphatic rings. The summed E-state index contributed by atoms with van der Waals surface area (Å²) < 4.78 is 5.63. The molecule has 1 aliphatic carbocycles. The molecule has 0 aliphatic heterocycles. The molecule has 20 heavy (non-hydrogen) atoms. The number of ether oxygens (including phenoxy) is 1. The minimum absolute atomic E-state index is 0.180. The Morgan fingerprint density at radius 1 is 1.40 bits per heavy atom. The normalized spacial score (nSPS) is 23.8. The lowest BCUT2D eigenvalue weighted by molar-refractivity contribution is -0.113. The van der Waals surface area contributed by atoms with Crippen molar-refractivity contribution in [3.05, 3.63) is 17.8 Å². The van der Waals surface area contributed by atoms with Crippen molar-refractivity contribution >= 4 is 5.82 Å². The molecule has 1 heterocycles. The summed E-state index contributed by atoms with van der Waals surface area (Å²) in [7, 11) is 3.84. The van der Waals surface area contributed by atoms with Crippen LogP contribution in [0, 0.1) is 16.7 Å². The first kappa shape index (κ1) is 14.7. The van der Waals surface area contributed by atoms with E-state index in [0.717, 1.165) is 25.1 Å². The van der Waals surface area contributed by atoms with Gasteiger partial charge in [-0.05, 0) is 31.4 Å². The molecule has 5 nitrogen and oxygen atoms in total. The van der Waals surface area contributed by atoms with Gasteiger partial charge in [0.15, 0.2) is 11.5 Å². The molecule has 2 atom stereocenters. The molecule has 0 amide bonds. The molecule has 0 bridgehead atoms. The number of methoxy groups -OCH3 is 1. The van der Waals surface area contributed by atoms with Crippen molar-refractivity contribution in [2.75, 3.05) is 19.1 Å². The molecule has 0 radical (unpaired) electrons. The van der Waals surface area contributed by atoms with Crippen LogP contribution in [0.4, 0.5) is 5.82 Å². The van der Waals surface area contributed by atoms with Crippen molar-refractivity contribution < 1.29 is 4.74 Å². The lowest BCUT2D eigenvalue weighted by Gasteiger charge is -2.58. The van der Waals surface area contributed by atoms with E-state index in [1.807, 2.05) is 19.2 Å². The van der Waals surface area contributed by atoms with Gasteiger partial charge in [0.25, 0.3) is 0 Å². The maximum atomic E-state index is 8.78. The standard InChI is InChI=1S/C15H22N4O/c1-5-15(6-2)12(9-13(15)20-4)19(3)14-8-7-11(10-16)17-18-14/h7-8,12-13H,5-6,9H2,1-4H3. The van der Waals surface area contributed by atoms with Crippen molar-refractivity contribution in [1.82, 2.24) is 10.2 Å². The highest BCUT2D eigenvalue weighted by atomic mass is 16.5. The van der Waals surface area contributed by atoms with Gasteiger partial charge < -0.3 is 9.64 Å². The lowest BCUT2D eigenvalue weighted by atomic mass is 9.58. The van der Waals surface area contributed by atoms with E-state index in [1.54, 1.807) is 13.2 Å². The average Bonchev–Trinajstić information content (AvgIpc) is 2.48. The van der Waals surface area contributed by atoms with Crippen molar-refractivity contribution in [1.29, 1.82) is 5.26 Å². The molecule has 1 saturated carbocycles. The van der Waals surface area contributed by atoms with E-state index in [1.165, 1.54) is 0 Å².